The van der Waals surface area contributed by atoms with Gasteiger partial charge in [0.15, 0.2) is 0 Å². The van der Waals surface area contributed by atoms with Crippen LogP contribution in [0.3, 0.4) is 0 Å². The van der Waals surface area contributed by atoms with Crippen molar-refractivity contribution in [2.45, 2.75) is 45.3 Å². The van der Waals surface area contributed by atoms with Crippen molar-refractivity contribution in [1.82, 2.24) is 5.32 Å². The van der Waals surface area contributed by atoms with E-state index in [1.54, 1.807) is 6.92 Å². The van der Waals surface area contributed by atoms with Crippen LogP contribution in [-0.2, 0) is 20.9 Å². The fourth-order valence-electron chi connectivity index (χ4n) is 2.82. The molecule has 0 saturated heterocycles. The molecule has 0 heterocycles. The smallest absolute Gasteiger partial charge is 0.407 e. The highest BCUT2D eigenvalue weighted by Crippen LogP contribution is 2.28. The molecule has 2 unspecified atom stereocenters. The molecule has 0 radical (unpaired) electrons. The maximum atomic E-state index is 11.9. The van der Waals surface area contributed by atoms with E-state index >= 15 is 0 Å². The van der Waals surface area contributed by atoms with Gasteiger partial charge >= 0.3 is 12.1 Å². The summed E-state index contributed by atoms with van der Waals surface area (Å²) in [5, 5.41) is 2.88. The molecule has 0 aromatic heterocycles. The first-order valence-corrected chi connectivity index (χ1v) is 7.82. The van der Waals surface area contributed by atoms with Crippen molar-refractivity contribution in [3.63, 3.8) is 0 Å². The highest BCUT2D eigenvalue weighted by Gasteiger charge is 2.31. The number of ether oxygens (including phenoxy) is 2. The molecule has 0 bridgehead atoms. The standard InChI is InChI=1S/C17H23NO4/c1-2-21-16(19)11-14-9-6-10-15(14)18-17(20)22-12-13-7-4-3-5-8-13/h3-5,7-8,14-15H,2,6,9-12H2,1H3,(H,18,20). The Morgan fingerprint density at radius 2 is 1.95 bits per heavy atom. The predicted octanol–water partition coefficient (Wildman–Crippen LogP) is 3.03. The zero-order valence-electron chi connectivity index (χ0n) is 12.9. The number of rotatable bonds is 6. The van der Waals surface area contributed by atoms with Crippen molar-refractivity contribution in [3.8, 4) is 0 Å². The Bertz CT molecular complexity index is 489. The summed E-state index contributed by atoms with van der Waals surface area (Å²) < 4.78 is 10.2. The van der Waals surface area contributed by atoms with E-state index in [0.717, 1.165) is 24.8 Å². The molecule has 1 aliphatic carbocycles. The summed E-state index contributed by atoms with van der Waals surface area (Å²) in [5.41, 5.74) is 0.951. The third-order valence-electron chi connectivity index (χ3n) is 3.91. The Hall–Kier alpha value is -2.04. The van der Waals surface area contributed by atoms with Crippen LogP contribution in [0.25, 0.3) is 0 Å². The monoisotopic (exact) mass is 305 g/mol. The van der Waals surface area contributed by atoms with Crippen LogP contribution in [0, 0.1) is 5.92 Å². The van der Waals surface area contributed by atoms with E-state index in [0.29, 0.717) is 13.0 Å². The third kappa shape index (κ3) is 5.06. The second-order valence-electron chi connectivity index (χ2n) is 5.51. The second-order valence-corrected chi connectivity index (χ2v) is 5.51. The van der Waals surface area contributed by atoms with Crippen molar-refractivity contribution < 1.29 is 19.1 Å². The van der Waals surface area contributed by atoms with E-state index in [9.17, 15) is 9.59 Å². The van der Waals surface area contributed by atoms with Crippen molar-refractivity contribution in [1.29, 1.82) is 0 Å². The fourth-order valence-corrected chi connectivity index (χ4v) is 2.82. The first-order valence-electron chi connectivity index (χ1n) is 7.82. The molecule has 22 heavy (non-hydrogen) atoms. The molecular formula is C17H23NO4. The van der Waals surface area contributed by atoms with Gasteiger partial charge in [-0.3, -0.25) is 4.79 Å². The van der Waals surface area contributed by atoms with Gasteiger partial charge in [-0.25, -0.2) is 4.79 Å². The Balaban J connectivity index is 1.76. The van der Waals surface area contributed by atoms with E-state index in [4.69, 9.17) is 9.47 Å². The fraction of sp³-hybridized carbons (Fsp3) is 0.529. The van der Waals surface area contributed by atoms with E-state index in [-0.39, 0.29) is 24.5 Å². The number of esters is 1. The van der Waals surface area contributed by atoms with Gasteiger partial charge < -0.3 is 14.8 Å². The zero-order valence-corrected chi connectivity index (χ0v) is 12.9. The summed E-state index contributed by atoms with van der Waals surface area (Å²) in [5.74, 6) is -0.0535. The summed E-state index contributed by atoms with van der Waals surface area (Å²) in [4.78, 5) is 23.5. The summed E-state index contributed by atoms with van der Waals surface area (Å²) in [7, 11) is 0. The van der Waals surface area contributed by atoms with E-state index in [1.165, 1.54) is 0 Å². The highest BCUT2D eigenvalue weighted by molar-refractivity contribution is 5.70. The minimum atomic E-state index is -0.426. The lowest BCUT2D eigenvalue weighted by molar-refractivity contribution is -0.144. The van der Waals surface area contributed by atoms with Gasteiger partial charge in [0.05, 0.1) is 13.0 Å². The molecular weight excluding hydrogens is 282 g/mol. The molecule has 1 aliphatic rings. The number of nitrogens with one attached hydrogen (secondary N) is 1. The molecule has 0 aliphatic heterocycles. The number of carbonyl (C=O) groups excluding carboxylic acids is 2. The molecule has 120 valence electrons. The van der Waals surface area contributed by atoms with Gasteiger partial charge in [0, 0.05) is 6.04 Å². The van der Waals surface area contributed by atoms with Crippen LogP contribution in [-0.4, -0.2) is 24.7 Å². The Kier molecular flexibility index (Phi) is 6.25. The molecule has 1 fully saturated rings. The normalized spacial score (nSPS) is 20.4. The van der Waals surface area contributed by atoms with Gasteiger partial charge in [-0.1, -0.05) is 36.8 Å². The first-order chi connectivity index (χ1) is 10.7. The van der Waals surface area contributed by atoms with Crippen molar-refractivity contribution >= 4 is 12.1 Å². The summed E-state index contributed by atoms with van der Waals surface area (Å²) in [6.07, 6.45) is 2.75. The average Bonchev–Trinajstić information content (AvgIpc) is 2.93. The van der Waals surface area contributed by atoms with Crippen LogP contribution in [0.5, 0.6) is 0 Å². The zero-order chi connectivity index (χ0) is 15.8. The summed E-state index contributed by atoms with van der Waals surface area (Å²) in [6.45, 7) is 2.44. The summed E-state index contributed by atoms with van der Waals surface area (Å²) >= 11 is 0. The van der Waals surface area contributed by atoms with E-state index < -0.39 is 6.09 Å². The van der Waals surface area contributed by atoms with Crippen molar-refractivity contribution in [3.05, 3.63) is 35.9 Å². The number of hydrogen-bond acceptors (Lipinski definition) is 4. The van der Waals surface area contributed by atoms with Crippen LogP contribution in [0.2, 0.25) is 0 Å². The van der Waals surface area contributed by atoms with Gasteiger partial charge in [-0.15, -0.1) is 0 Å². The Labute approximate surface area is 131 Å². The Morgan fingerprint density at radius 3 is 2.68 bits per heavy atom. The maximum absolute atomic E-state index is 11.9. The van der Waals surface area contributed by atoms with Crippen molar-refractivity contribution in [2.24, 2.45) is 5.92 Å². The molecule has 5 heteroatoms. The molecule has 1 aromatic rings. The lowest BCUT2D eigenvalue weighted by Gasteiger charge is -2.20. The van der Waals surface area contributed by atoms with Gasteiger partial charge in [0.25, 0.3) is 0 Å². The van der Waals surface area contributed by atoms with Gasteiger partial charge in [0.2, 0.25) is 0 Å². The number of benzene rings is 1. The second kappa shape index (κ2) is 8.41. The molecule has 1 amide bonds. The number of alkyl carbamates (subject to hydrolysis) is 1. The molecule has 1 aromatic carbocycles. The van der Waals surface area contributed by atoms with Crippen LogP contribution < -0.4 is 5.32 Å². The lowest BCUT2D eigenvalue weighted by atomic mass is 10.00. The largest absolute Gasteiger partial charge is 0.466 e. The van der Waals surface area contributed by atoms with Crippen LogP contribution in [0.15, 0.2) is 30.3 Å². The number of amides is 1. The van der Waals surface area contributed by atoms with E-state index in [1.807, 2.05) is 30.3 Å². The lowest BCUT2D eigenvalue weighted by Crippen LogP contribution is -2.38. The molecule has 2 atom stereocenters. The first kappa shape index (κ1) is 16.3. The minimum Gasteiger partial charge on any atom is -0.466 e. The SMILES string of the molecule is CCOC(=O)CC1CCCC1NC(=O)OCc1ccccc1. The molecule has 2 rings (SSSR count). The molecule has 5 nitrogen and oxygen atoms in total. The van der Waals surface area contributed by atoms with Gasteiger partial charge in [-0.05, 0) is 31.2 Å². The van der Waals surface area contributed by atoms with Crippen LogP contribution >= 0.6 is 0 Å². The predicted molar refractivity (Wildman–Crippen MR) is 82.1 cm³/mol. The summed E-state index contributed by atoms with van der Waals surface area (Å²) in [6, 6.07) is 9.54. The molecule has 1 saturated carbocycles. The number of carbonyl (C=O) groups is 2. The Morgan fingerprint density at radius 1 is 1.18 bits per heavy atom. The molecule has 0 spiro atoms. The third-order valence-corrected chi connectivity index (χ3v) is 3.91. The van der Waals surface area contributed by atoms with Crippen LogP contribution in [0.4, 0.5) is 4.79 Å². The van der Waals surface area contributed by atoms with Crippen molar-refractivity contribution in [2.75, 3.05) is 6.61 Å². The molecule has 1 N–H and O–H groups in total. The van der Waals surface area contributed by atoms with Gasteiger partial charge in [-0.2, -0.15) is 0 Å². The minimum absolute atomic E-state index is 0.00678. The maximum Gasteiger partial charge on any atom is 0.407 e. The topological polar surface area (TPSA) is 64.6 Å². The average molecular weight is 305 g/mol. The quantitative estimate of drug-likeness (QED) is 0.820. The van der Waals surface area contributed by atoms with E-state index in [2.05, 4.69) is 5.32 Å². The number of hydrogen-bond donors (Lipinski definition) is 1. The van der Waals surface area contributed by atoms with Crippen LogP contribution in [0.1, 0.15) is 38.2 Å². The highest BCUT2D eigenvalue weighted by atomic mass is 16.5. The van der Waals surface area contributed by atoms with Gasteiger partial charge in [0.1, 0.15) is 6.61 Å².